The molecule has 1 atom stereocenters. The van der Waals surface area contributed by atoms with Crippen LogP contribution in [0.15, 0.2) is 35.7 Å². The maximum atomic E-state index is 12.2. The van der Waals surface area contributed by atoms with Gasteiger partial charge in [0.2, 0.25) is 0 Å². The minimum Gasteiger partial charge on any atom is -0.397 e. The zero-order valence-electron chi connectivity index (χ0n) is 15.2. The highest BCUT2D eigenvalue weighted by Gasteiger charge is 2.11. The molecule has 2 amide bonds. The van der Waals surface area contributed by atoms with Gasteiger partial charge in [-0.2, -0.15) is 0 Å². The number of hydrogen-bond donors (Lipinski definition) is 3. The van der Waals surface area contributed by atoms with E-state index in [-0.39, 0.29) is 6.03 Å². The van der Waals surface area contributed by atoms with E-state index in [0.717, 1.165) is 29.8 Å². The Morgan fingerprint density at radius 2 is 2.12 bits per heavy atom. The van der Waals surface area contributed by atoms with Crippen molar-refractivity contribution in [1.82, 2.24) is 10.2 Å². The summed E-state index contributed by atoms with van der Waals surface area (Å²) in [6.07, 6.45) is 2.11. The zero-order valence-corrected chi connectivity index (χ0v) is 16.0. The molecular formula is C19H28N4OS. The van der Waals surface area contributed by atoms with E-state index in [4.69, 9.17) is 5.73 Å². The van der Waals surface area contributed by atoms with Gasteiger partial charge in [0.05, 0.1) is 11.4 Å². The number of nitrogens with one attached hydrogen (secondary N) is 2. The Balaban J connectivity index is 1.92. The SMILES string of the molecule is CCC(CCN(C)C)CNC(=O)Nc1cc(-c2cccs2)ccc1N. The quantitative estimate of drug-likeness (QED) is 0.621. The Bertz CT molecular complexity index is 670. The van der Waals surface area contributed by atoms with Gasteiger partial charge in [0.1, 0.15) is 0 Å². The second-order valence-electron chi connectivity index (χ2n) is 6.48. The molecule has 2 aromatic rings. The predicted molar refractivity (Wildman–Crippen MR) is 108 cm³/mol. The average Bonchev–Trinajstić information content (AvgIpc) is 3.11. The van der Waals surface area contributed by atoms with E-state index in [2.05, 4.69) is 42.6 Å². The Morgan fingerprint density at radius 1 is 1.32 bits per heavy atom. The van der Waals surface area contributed by atoms with Crippen LogP contribution in [0.2, 0.25) is 0 Å². The van der Waals surface area contributed by atoms with Crippen LogP contribution in [-0.4, -0.2) is 38.1 Å². The summed E-state index contributed by atoms with van der Waals surface area (Å²) in [4.78, 5) is 15.6. The highest BCUT2D eigenvalue weighted by molar-refractivity contribution is 7.13. The van der Waals surface area contributed by atoms with E-state index in [1.165, 1.54) is 0 Å². The molecule has 0 saturated carbocycles. The van der Waals surface area contributed by atoms with Gasteiger partial charge in [-0.1, -0.05) is 25.5 Å². The van der Waals surface area contributed by atoms with E-state index in [1.807, 2.05) is 29.6 Å². The van der Waals surface area contributed by atoms with Gasteiger partial charge in [-0.05, 0) is 62.1 Å². The highest BCUT2D eigenvalue weighted by Crippen LogP contribution is 2.30. The third-order valence-electron chi connectivity index (χ3n) is 4.22. The summed E-state index contributed by atoms with van der Waals surface area (Å²) in [5.74, 6) is 0.475. The molecule has 1 aromatic carbocycles. The third-order valence-corrected chi connectivity index (χ3v) is 5.14. The lowest BCUT2D eigenvalue weighted by Gasteiger charge is -2.18. The molecule has 1 aromatic heterocycles. The number of nitrogens with zero attached hydrogens (tertiary/aromatic N) is 1. The van der Waals surface area contributed by atoms with Gasteiger partial charge in [0.15, 0.2) is 0 Å². The van der Waals surface area contributed by atoms with E-state index in [9.17, 15) is 4.79 Å². The lowest BCUT2D eigenvalue weighted by atomic mass is 10.0. The summed E-state index contributed by atoms with van der Waals surface area (Å²) in [6.45, 7) is 3.85. The second kappa shape index (κ2) is 9.44. The normalized spacial score (nSPS) is 12.2. The molecule has 0 bridgehead atoms. The number of thiophene rings is 1. The number of nitrogens with two attached hydrogens (primary N) is 1. The Labute approximate surface area is 154 Å². The first-order chi connectivity index (χ1) is 12.0. The largest absolute Gasteiger partial charge is 0.397 e. The van der Waals surface area contributed by atoms with E-state index >= 15 is 0 Å². The molecule has 0 radical (unpaired) electrons. The van der Waals surface area contributed by atoms with Crippen molar-refractivity contribution in [2.45, 2.75) is 19.8 Å². The van der Waals surface area contributed by atoms with Crippen LogP contribution in [0.5, 0.6) is 0 Å². The standard InChI is InChI=1S/C19H28N4OS/c1-4-14(9-10-23(2)3)13-21-19(24)22-17-12-15(7-8-16(17)20)18-6-5-11-25-18/h5-8,11-12,14H,4,9-10,13,20H2,1-3H3,(H2,21,22,24). The smallest absolute Gasteiger partial charge is 0.319 e. The van der Waals surface area contributed by atoms with Crippen LogP contribution in [0.3, 0.4) is 0 Å². The molecule has 1 heterocycles. The summed E-state index contributed by atoms with van der Waals surface area (Å²) in [6, 6.07) is 9.57. The number of benzene rings is 1. The van der Waals surface area contributed by atoms with Crippen molar-refractivity contribution in [1.29, 1.82) is 0 Å². The molecule has 0 aliphatic carbocycles. The third kappa shape index (κ3) is 6.07. The van der Waals surface area contributed by atoms with E-state index in [1.54, 1.807) is 11.3 Å². The molecule has 0 aliphatic rings. The topological polar surface area (TPSA) is 70.4 Å². The molecule has 0 spiro atoms. The van der Waals surface area contributed by atoms with E-state index in [0.29, 0.717) is 23.8 Å². The van der Waals surface area contributed by atoms with Gasteiger partial charge in [0.25, 0.3) is 0 Å². The molecule has 6 heteroatoms. The van der Waals surface area contributed by atoms with Gasteiger partial charge < -0.3 is 21.3 Å². The van der Waals surface area contributed by atoms with Crippen molar-refractivity contribution in [3.8, 4) is 10.4 Å². The Hall–Kier alpha value is -2.05. The lowest BCUT2D eigenvalue weighted by Crippen LogP contribution is -2.34. The Morgan fingerprint density at radius 3 is 2.76 bits per heavy atom. The minimum atomic E-state index is -0.210. The second-order valence-corrected chi connectivity index (χ2v) is 7.43. The number of anilines is 2. The van der Waals surface area contributed by atoms with Crippen LogP contribution in [0.4, 0.5) is 16.2 Å². The monoisotopic (exact) mass is 360 g/mol. The number of rotatable bonds is 8. The van der Waals surface area contributed by atoms with Crippen molar-refractivity contribution in [2.75, 3.05) is 38.2 Å². The van der Waals surface area contributed by atoms with Gasteiger partial charge in [0, 0.05) is 11.4 Å². The van der Waals surface area contributed by atoms with Crippen molar-refractivity contribution < 1.29 is 4.79 Å². The first-order valence-corrected chi connectivity index (χ1v) is 9.50. The molecule has 2 rings (SSSR count). The number of nitrogen functional groups attached to an aromatic ring is 1. The Kier molecular flexibility index (Phi) is 7.28. The summed E-state index contributed by atoms with van der Waals surface area (Å²) >= 11 is 1.66. The molecule has 5 nitrogen and oxygen atoms in total. The maximum absolute atomic E-state index is 12.2. The van der Waals surface area contributed by atoms with Crippen LogP contribution in [0, 0.1) is 5.92 Å². The minimum absolute atomic E-state index is 0.210. The number of amides is 2. The molecule has 136 valence electrons. The number of carbonyl (C=O) groups excluding carboxylic acids is 1. The van der Waals surface area contributed by atoms with Gasteiger partial charge in [-0.25, -0.2) is 4.79 Å². The summed E-state index contributed by atoms with van der Waals surface area (Å²) < 4.78 is 0. The van der Waals surface area contributed by atoms with E-state index < -0.39 is 0 Å². The predicted octanol–water partition coefficient (Wildman–Crippen LogP) is 4.10. The van der Waals surface area contributed by atoms with Crippen LogP contribution in [0.1, 0.15) is 19.8 Å². The molecule has 0 fully saturated rings. The fourth-order valence-electron chi connectivity index (χ4n) is 2.56. The first-order valence-electron chi connectivity index (χ1n) is 8.62. The number of carbonyl (C=O) groups is 1. The van der Waals surface area contributed by atoms with Crippen LogP contribution in [-0.2, 0) is 0 Å². The average molecular weight is 361 g/mol. The molecule has 0 aliphatic heterocycles. The zero-order chi connectivity index (χ0) is 18.2. The summed E-state index contributed by atoms with van der Waals surface area (Å²) in [5.41, 5.74) is 8.27. The van der Waals surface area contributed by atoms with Crippen molar-refractivity contribution in [2.24, 2.45) is 5.92 Å². The summed E-state index contributed by atoms with van der Waals surface area (Å²) in [7, 11) is 4.13. The molecular weight excluding hydrogens is 332 g/mol. The fourth-order valence-corrected chi connectivity index (χ4v) is 3.28. The highest BCUT2D eigenvalue weighted by atomic mass is 32.1. The summed E-state index contributed by atoms with van der Waals surface area (Å²) in [5, 5.41) is 7.87. The van der Waals surface area contributed by atoms with Crippen LogP contribution < -0.4 is 16.4 Å². The van der Waals surface area contributed by atoms with Crippen molar-refractivity contribution in [3.63, 3.8) is 0 Å². The number of urea groups is 1. The molecule has 0 saturated heterocycles. The molecule has 4 N–H and O–H groups in total. The van der Waals surface area contributed by atoms with Crippen LogP contribution >= 0.6 is 11.3 Å². The lowest BCUT2D eigenvalue weighted by molar-refractivity contribution is 0.248. The number of hydrogen-bond acceptors (Lipinski definition) is 4. The van der Waals surface area contributed by atoms with Crippen molar-refractivity contribution >= 4 is 28.7 Å². The first kappa shape index (κ1) is 19.3. The van der Waals surface area contributed by atoms with Gasteiger partial charge in [-0.15, -0.1) is 11.3 Å². The van der Waals surface area contributed by atoms with Crippen LogP contribution in [0.25, 0.3) is 10.4 Å². The van der Waals surface area contributed by atoms with Crippen molar-refractivity contribution in [3.05, 3.63) is 35.7 Å². The van der Waals surface area contributed by atoms with Gasteiger partial charge in [-0.3, -0.25) is 0 Å². The fraction of sp³-hybridized carbons (Fsp3) is 0.421. The maximum Gasteiger partial charge on any atom is 0.319 e. The van der Waals surface area contributed by atoms with Gasteiger partial charge >= 0.3 is 6.03 Å². The molecule has 25 heavy (non-hydrogen) atoms. The molecule has 1 unspecified atom stereocenters.